The van der Waals surface area contributed by atoms with Crippen molar-refractivity contribution in [3.05, 3.63) is 42.5 Å². The van der Waals surface area contributed by atoms with Crippen LogP contribution in [-0.2, 0) is 10.0 Å². The first kappa shape index (κ1) is 14.5. The first-order valence-electron chi connectivity index (χ1n) is 6.07. The van der Waals surface area contributed by atoms with Crippen molar-refractivity contribution >= 4 is 36.7 Å². The van der Waals surface area contributed by atoms with Crippen LogP contribution in [0.25, 0.3) is 10.8 Å². The van der Waals surface area contributed by atoms with E-state index in [0.29, 0.717) is 11.4 Å². The number of halogens is 1. The van der Waals surface area contributed by atoms with Gasteiger partial charge in [-0.2, -0.15) is 0 Å². The molecule has 0 bridgehead atoms. The Morgan fingerprint density at radius 1 is 1.11 bits per heavy atom. The van der Waals surface area contributed by atoms with Crippen LogP contribution in [0.1, 0.15) is 6.42 Å². The molecule has 0 aliphatic rings. The lowest BCUT2D eigenvalue weighted by Crippen LogP contribution is -2.28. The maximum Gasteiger partial charge on any atom is 0.243 e. The van der Waals surface area contributed by atoms with Gasteiger partial charge in [0.2, 0.25) is 10.0 Å². The third-order valence-electron chi connectivity index (χ3n) is 3.04. The van der Waals surface area contributed by atoms with E-state index in [1.807, 2.05) is 30.3 Å². The fourth-order valence-corrected chi connectivity index (χ4v) is 3.66. The zero-order valence-electron chi connectivity index (χ0n) is 10.7. The molecular weight excluding hydrogens is 326 g/mol. The molecule has 0 saturated carbocycles. The quantitative estimate of drug-likeness (QED) is 0.783. The van der Waals surface area contributed by atoms with Gasteiger partial charge in [0.15, 0.2) is 0 Å². The standard InChI is InChI=1S/C14H16BrNO2S/c1-16(11-5-10-15)19(17,18)14-9-4-7-12-6-2-3-8-13(12)14/h2-4,6-9H,5,10-11H2,1H3. The molecule has 0 aromatic heterocycles. The summed E-state index contributed by atoms with van der Waals surface area (Å²) in [6, 6.07) is 12.9. The van der Waals surface area contributed by atoms with Crippen molar-refractivity contribution in [2.75, 3.05) is 18.9 Å². The van der Waals surface area contributed by atoms with Crippen LogP contribution < -0.4 is 0 Å². The smallest absolute Gasteiger partial charge is 0.207 e. The van der Waals surface area contributed by atoms with E-state index < -0.39 is 10.0 Å². The molecule has 0 spiro atoms. The molecule has 0 amide bonds. The third kappa shape index (κ3) is 2.99. The van der Waals surface area contributed by atoms with Crippen molar-refractivity contribution in [2.45, 2.75) is 11.3 Å². The highest BCUT2D eigenvalue weighted by Crippen LogP contribution is 2.25. The molecule has 3 nitrogen and oxygen atoms in total. The summed E-state index contributed by atoms with van der Waals surface area (Å²) in [4.78, 5) is 0.377. The summed E-state index contributed by atoms with van der Waals surface area (Å²) < 4.78 is 26.5. The van der Waals surface area contributed by atoms with Crippen LogP contribution in [0, 0.1) is 0 Å². The van der Waals surface area contributed by atoms with Gasteiger partial charge in [-0.25, -0.2) is 12.7 Å². The molecule has 102 valence electrons. The molecule has 0 saturated heterocycles. The van der Waals surface area contributed by atoms with Crippen LogP contribution in [0.3, 0.4) is 0 Å². The van der Waals surface area contributed by atoms with Crippen molar-refractivity contribution in [3.63, 3.8) is 0 Å². The second kappa shape index (κ2) is 6.03. The summed E-state index contributed by atoms with van der Waals surface area (Å²) in [7, 11) is -1.80. The molecule has 2 aromatic carbocycles. The number of alkyl halides is 1. The highest BCUT2D eigenvalue weighted by Gasteiger charge is 2.22. The predicted octanol–water partition coefficient (Wildman–Crippen LogP) is 3.25. The Labute approximate surface area is 122 Å². The zero-order chi connectivity index (χ0) is 13.9. The van der Waals surface area contributed by atoms with Crippen molar-refractivity contribution in [2.24, 2.45) is 0 Å². The maximum atomic E-state index is 12.6. The van der Waals surface area contributed by atoms with E-state index in [1.165, 1.54) is 4.31 Å². The number of fused-ring (bicyclic) bond motifs is 1. The van der Waals surface area contributed by atoms with Gasteiger partial charge in [0.25, 0.3) is 0 Å². The van der Waals surface area contributed by atoms with Crippen molar-refractivity contribution < 1.29 is 8.42 Å². The van der Waals surface area contributed by atoms with E-state index in [-0.39, 0.29) is 0 Å². The second-order valence-electron chi connectivity index (χ2n) is 4.35. The molecule has 0 unspecified atom stereocenters. The van der Waals surface area contributed by atoms with Gasteiger partial charge in [-0.1, -0.05) is 52.3 Å². The minimum atomic E-state index is -3.43. The molecule has 0 N–H and O–H groups in total. The van der Waals surface area contributed by atoms with E-state index in [2.05, 4.69) is 15.9 Å². The average molecular weight is 342 g/mol. The van der Waals surface area contributed by atoms with Gasteiger partial charge < -0.3 is 0 Å². The van der Waals surface area contributed by atoms with Crippen LogP contribution in [0.4, 0.5) is 0 Å². The minimum Gasteiger partial charge on any atom is -0.207 e. The number of hydrogen-bond donors (Lipinski definition) is 0. The number of benzene rings is 2. The van der Waals surface area contributed by atoms with Crippen LogP contribution >= 0.6 is 15.9 Å². The summed E-state index contributed by atoms with van der Waals surface area (Å²) in [5.41, 5.74) is 0. The zero-order valence-corrected chi connectivity index (χ0v) is 13.1. The first-order valence-corrected chi connectivity index (χ1v) is 8.63. The molecule has 0 radical (unpaired) electrons. The van der Waals surface area contributed by atoms with Crippen molar-refractivity contribution in [1.29, 1.82) is 0 Å². The summed E-state index contributed by atoms with van der Waals surface area (Å²) in [5, 5.41) is 2.51. The van der Waals surface area contributed by atoms with Crippen LogP contribution in [0.15, 0.2) is 47.4 Å². The van der Waals surface area contributed by atoms with Gasteiger partial charge in [0.05, 0.1) is 4.90 Å². The molecule has 0 heterocycles. The Balaban J connectivity index is 2.49. The minimum absolute atomic E-state index is 0.377. The summed E-state index contributed by atoms with van der Waals surface area (Å²) in [6.45, 7) is 0.511. The molecule has 0 fully saturated rings. The lowest BCUT2D eigenvalue weighted by molar-refractivity contribution is 0.471. The van der Waals surface area contributed by atoms with Gasteiger partial charge in [-0.3, -0.25) is 0 Å². The predicted molar refractivity (Wildman–Crippen MR) is 82.2 cm³/mol. The molecule has 5 heteroatoms. The largest absolute Gasteiger partial charge is 0.243 e. The molecule has 0 atom stereocenters. The topological polar surface area (TPSA) is 37.4 Å². The van der Waals surface area contributed by atoms with Crippen molar-refractivity contribution in [3.8, 4) is 0 Å². The maximum absolute atomic E-state index is 12.6. The fraction of sp³-hybridized carbons (Fsp3) is 0.286. The third-order valence-corrected chi connectivity index (χ3v) is 5.52. The lowest BCUT2D eigenvalue weighted by atomic mass is 10.1. The SMILES string of the molecule is CN(CCCBr)S(=O)(=O)c1cccc2ccccc12. The van der Waals surface area contributed by atoms with Gasteiger partial charge in [0, 0.05) is 24.3 Å². The summed E-state index contributed by atoms with van der Waals surface area (Å²) in [6.07, 6.45) is 0.792. The number of sulfonamides is 1. The van der Waals surface area contributed by atoms with E-state index in [9.17, 15) is 8.42 Å². The summed E-state index contributed by atoms with van der Waals surface area (Å²) in [5.74, 6) is 0. The average Bonchev–Trinajstić information content (AvgIpc) is 2.43. The van der Waals surface area contributed by atoms with Gasteiger partial charge in [-0.15, -0.1) is 0 Å². The van der Waals surface area contributed by atoms with Crippen LogP contribution in [0.2, 0.25) is 0 Å². The van der Waals surface area contributed by atoms with E-state index >= 15 is 0 Å². The van der Waals surface area contributed by atoms with Gasteiger partial charge in [-0.05, 0) is 17.9 Å². The van der Waals surface area contributed by atoms with Crippen LogP contribution in [-0.4, -0.2) is 31.6 Å². The molecule has 2 aromatic rings. The summed E-state index contributed by atoms with van der Waals surface area (Å²) >= 11 is 3.32. The van der Waals surface area contributed by atoms with Crippen molar-refractivity contribution in [1.82, 2.24) is 4.31 Å². The van der Waals surface area contributed by atoms with Gasteiger partial charge >= 0.3 is 0 Å². The Bertz CT molecular complexity index is 665. The van der Waals surface area contributed by atoms with E-state index in [0.717, 1.165) is 22.5 Å². The van der Waals surface area contributed by atoms with E-state index in [4.69, 9.17) is 0 Å². The molecule has 0 aliphatic heterocycles. The first-order chi connectivity index (χ1) is 9.07. The highest BCUT2D eigenvalue weighted by molar-refractivity contribution is 9.09. The molecule has 2 rings (SSSR count). The monoisotopic (exact) mass is 341 g/mol. The lowest BCUT2D eigenvalue weighted by Gasteiger charge is -2.17. The normalized spacial score (nSPS) is 12.2. The number of hydrogen-bond acceptors (Lipinski definition) is 2. The molecule has 19 heavy (non-hydrogen) atoms. The molecular formula is C14H16BrNO2S. The molecule has 0 aliphatic carbocycles. The Hall–Kier alpha value is -0.910. The number of nitrogens with zero attached hydrogens (tertiary/aromatic N) is 1. The fourth-order valence-electron chi connectivity index (χ4n) is 1.99. The Morgan fingerprint density at radius 3 is 2.53 bits per heavy atom. The Morgan fingerprint density at radius 2 is 1.79 bits per heavy atom. The second-order valence-corrected chi connectivity index (χ2v) is 7.15. The Kier molecular flexibility index (Phi) is 4.60. The van der Waals surface area contributed by atoms with Gasteiger partial charge in [0.1, 0.15) is 0 Å². The number of rotatable bonds is 5. The van der Waals surface area contributed by atoms with Crippen LogP contribution in [0.5, 0.6) is 0 Å². The van der Waals surface area contributed by atoms with E-state index in [1.54, 1.807) is 19.2 Å². The highest BCUT2D eigenvalue weighted by atomic mass is 79.9.